The summed E-state index contributed by atoms with van der Waals surface area (Å²) in [6.07, 6.45) is 3.55. The lowest BCUT2D eigenvalue weighted by atomic mass is 9.84. The van der Waals surface area contributed by atoms with Crippen molar-refractivity contribution in [3.63, 3.8) is 0 Å². The van der Waals surface area contributed by atoms with Gasteiger partial charge in [-0.2, -0.15) is 8.96 Å². The van der Waals surface area contributed by atoms with Gasteiger partial charge in [0.25, 0.3) is 5.01 Å². The molecule has 0 bridgehead atoms. The zero-order valence-electron chi connectivity index (χ0n) is 16.2. The van der Waals surface area contributed by atoms with Crippen LogP contribution < -0.4 is 9.47 Å². The first-order valence-electron chi connectivity index (χ1n) is 9.28. The minimum Gasteiger partial charge on any atom is -0.347 e. The number of fused-ring (bicyclic) bond motifs is 2. The fourth-order valence-corrected chi connectivity index (χ4v) is 5.19. The number of anilines is 1. The normalized spacial score (nSPS) is 17.7. The second-order valence-electron chi connectivity index (χ2n) is 7.39. The Balaban J connectivity index is 1.77. The summed E-state index contributed by atoms with van der Waals surface area (Å²) in [4.78, 5) is 2.16. The quantitative estimate of drug-likeness (QED) is 0.519. The summed E-state index contributed by atoms with van der Waals surface area (Å²) >= 11 is 1.50. The van der Waals surface area contributed by atoms with E-state index >= 15 is 4.39 Å². The fourth-order valence-electron chi connectivity index (χ4n) is 4.05. The number of rotatable bonds is 3. The molecule has 2 aromatic carbocycles. The number of aromatic nitrogens is 1. The monoisotopic (exact) mass is 379 g/mol. The van der Waals surface area contributed by atoms with Gasteiger partial charge in [0.05, 0.1) is 0 Å². The summed E-state index contributed by atoms with van der Waals surface area (Å²) in [6.45, 7) is 7.18. The van der Waals surface area contributed by atoms with Crippen LogP contribution in [0.2, 0.25) is 0 Å². The van der Waals surface area contributed by atoms with Gasteiger partial charge in [-0.05, 0) is 36.8 Å². The Morgan fingerprint density at radius 3 is 2.59 bits per heavy atom. The first-order valence-corrected chi connectivity index (χ1v) is 10.1. The number of thiazole rings is 1. The van der Waals surface area contributed by atoms with Crippen molar-refractivity contribution >= 4 is 33.1 Å². The first kappa shape index (κ1) is 17.9. The van der Waals surface area contributed by atoms with Gasteiger partial charge in [-0.15, -0.1) is 0 Å². The molecule has 0 atom stereocenters. The second-order valence-corrected chi connectivity index (χ2v) is 8.42. The predicted octanol–water partition coefficient (Wildman–Crippen LogP) is 5.83. The Labute approximate surface area is 163 Å². The molecule has 3 aromatic rings. The fraction of sp³-hybridized carbons (Fsp3) is 0.261. The predicted molar refractivity (Wildman–Crippen MR) is 113 cm³/mol. The van der Waals surface area contributed by atoms with Gasteiger partial charge < -0.3 is 4.90 Å². The van der Waals surface area contributed by atoms with E-state index in [9.17, 15) is 0 Å². The molecule has 0 fully saturated rings. The molecule has 1 aliphatic rings. The van der Waals surface area contributed by atoms with E-state index in [1.54, 1.807) is 6.08 Å². The molecule has 0 unspecified atom stereocenters. The minimum absolute atomic E-state index is 0.150. The van der Waals surface area contributed by atoms with E-state index in [4.69, 9.17) is 0 Å². The molecule has 27 heavy (non-hydrogen) atoms. The van der Waals surface area contributed by atoms with Crippen molar-refractivity contribution in [2.75, 3.05) is 11.9 Å². The van der Waals surface area contributed by atoms with Crippen molar-refractivity contribution in [2.24, 2.45) is 0 Å². The Hall–Kier alpha value is -2.46. The van der Waals surface area contributed by atoms with Crippen LogP contribution in [0.25, 0.3) is 16.0 Å². The number of nitrogens with zero attached hydrogens (tertiary/aromatic N) is 2. The minimum atomic E-state index is -0.189. The number of benzene rings is 2. The van der Waals surface area contributed by atoms with E-state index in [1.807, 2.05) is 34.9 Å². The van der Waals surface area contributed by atoms with Crippen LogP contribution in [-0.4, -0.2) is 7.05 Å². The number of hydrogen-bond acceptors (Lipinski definition) is 2. The van der Waals surface area contributed by atoms with E-state index < -0.39 is 0 Å². The molecule has 0 amide bonds. The highest BCUT2D eigenvalue weighted by molar-refractivity contribution is 7.19. The maximum absolute atomic E-state index is 15.2. The number of para-hydroxylation sites is 2. The summed E-state index contributed by atoms with van der Waals surface area (Å²) in [5.74, 6) is -0.189. The van der Waals surface area contributed by atoms with E-state index in [0.29, 0.717) is 5.01 Å². The Morgan fingerprint density at radius 2 is 1.85 bits per heavy atom. The Bertz CT molecular complexity index is 1070. The van der Waals surface area contributed by atoms with Crippen LogP contribution in [0.5, 0.6) is 0 Å². The molecule has 0 radical (unpaired) electrons. The molecule has 2 nitrogen and oxygen atoms in total. The van der Waals surface area contributed by atoms with Gasteiger partial charge in [-0.1, -0.05) is 55.5 Å². The highest BCUT2D eigenvalue weighted by Crippen LogP contribution is 2.46. The molecule has 0 saturated heterocycles. The summed E-state index contributed by atoms with van der Waals surface area (Å²) in [5, 5.41) is 0.673. The number of likely N-dealkylation sites (N-methyl/N-ethyl adjacent to an activating group) is 1. The van der Waals surface area contributed by atoms with Crippen LogP contribution in [0.3, 0.4) is 0 Å². The van der Waals surface area contributed by atoms with Gasteiger partial charge in [0.1, 0.15) is 11.2 Å². The van der Waals surface area contributed by atoms with Crippen LogP contribution in [0.1, 0.15) is 31.3 Å². The van der Waals surface area contributed by atoms with Crippen molar-refractivity contribution < 1.29 is 8.96 Å². The third-order valence-electron chi connectivity index (χ3n) is 5.46. The average molecular weight is 380 g/mol. The zero-order valence-corrected chi connectivity index (χ0v) is 17.0. The molecule has 4 heteroatoms. The average Bonchev–Trinajstić information content (AvgIpc) is 3.14. The van der Waals surface area contributed by atoms with Gasteiger partial charge in [0.2, 0.25) is 11.3 Å². The van der Waals surface area contributed by atoms with Gasteiger partial charge in [-0.3, -0.25) is 0 Å². The highest BCUT2D eigenvalue weighted by atomic mass is 32.1. The third kappa shape index (κ3) is 2.79. The zero-order chi connectivity index (χ0) is 19.2. The van der Waals surface area contributed by atoms with Crippen molar-refractivity contribution in [3.8, 4) is 0 Å². The number of allylic oxidation sites excluding steroid dienone is 3. The summed E-state index contributed by atoms with van der Waals surface area (Å²) in [6, 6.07) is 16.5. The second kappa shape index (κ2) is 6.61. The van der Waals surface area contributed by atoms with Crippen LogP contribution in [-0.2, 0) is 12.0 Å². The summed E-state index contributed by atoms with van der Waals surface area (Å²) in [7, 11) is 2.05. The van der Waals surface area contributed by atoms with E-state index in [1.165, 1.54) is 22.6 Å². The molecule has 0 saturated carbocycles. The molecule has 138 valence electrons. The smallest absolute Gasteiger partial charge is 0.299 e. The SMILES string of the molecule is CC[n+]1c(/C(F)=C\C=C2\N(C)c3ccccc3C2(C)C)sc2ccccc21. The van der Waals surface area contributed by atoms with Gasteiger partial charge in [0.15, 0.2) is 0 Å². The molecular formula is C23H24FN2S+. The topological polar surface area (TPSA) is 7.12 Å². The maximum atomic E-state index is 15.2. The molecule has 2 heterocycles. The Kier molecular flexibility index (Phi) is 4.39. The molecule has 1 aliphatic heterocycles. The van der Waals surface area contributed by atoms with Crippen molar-refractivity contribution in [2.45, 2.75) is 32.7 Å². The Morgan fingerprint density at radius 1 is 1.15 bits per heavy atom. The number of aryl methyl sites for hydroxylation is 1. The highest BCUT2D eigenvalue weighted by Gasteiger charge is 2.37. The van der Waals surface area contributed by atoms with Gasteiger partial charge in [-0.25, -0.2) is 0 Å². The molecular weight excluding hydrogens is 355 g/mol. The van der Waals surface area contributed by atoms with Crippen LogP contribution >= 0.6 is 11.3 Å². The number of hydrogen-bond donors (Lipinski definition) is 0. The lowest BCUT2D eigenvalue weighted by molar-refractivity contribution is -0.666. The number of halogens is 1. The van der Waals surface area contributed by atoms with E-state index in [2.05, 4.69) is 57.0 Å². The molecule has 0 aliphatic carbocycles. The molecule has 0 spiro atoms. The lowest BCUT2D eigenvalue weighted by Crippen LogP contribution is -2.34. The van der Waals surface area contributed by atoms with E-state index in [0.717, 1.165) is 22.5 Å². The summed E-state index contributed by atoms with van der Waals surface area (Å²) < 4.78 is 18.3. The van der Waals surface area contributed by atoms with Gasteiger partial charge >= 0.3 is 0 Å². The van der Waals surface area contributed by atoms with Crippen LogP contribution in [0, 0.1) is 0 Å². The molecule has 4 rings (SSSR count). The van der Waals surface area contributed by atoms with E-state index in [-0.39, 0.29) is 11.2 Å². The lowest BCUT2D eigenvalue weighted by Gasteiger charge is -2.23. The third-order valence-corrected chi connectivity index (χ3v) is 6.63. The maximum Gasteiger partial charge on any atom is 0.299 e. The summed E-state index contributed by atoms with van der Waals surface area (Å²) in [5.41, 5.74) is 4.50. The largest absolute Gasteiger partial charge is 0.347 e. The first-order chi connectivity index (χ1) is 12.9. The molecule has 1 aromatic heterocycles. The van der Waals surface area contributed by atoms with Crippen molar-refractivity contribution in [3.05, 3.63) is 77.0 Å². The van der Waals surface area contributed by atoms with Crippen molar-refractivity contribution in [1.29, 1.82) is 0 Å². The molecule has 0 N–H and O–H groups in total. The van der Waals surface area contributed by atoms with Crippen LogP contribution in [0.15, 0.2) is 66.4 Å². The van der Waals surface area contributed by atoms with Gasteiger partial charge in [0, 0.05) is 29.9 Å². The standard InChI is InChI=1S/C23H24FN2S/c1-5-26-19-12-8-9-13-20(19)27-22(26)17(24)14-15-21-23(2,3)16-10-6-7-11-18(16)25(21)4/h6-15H,5H2,1-4H3/q+1. The van der Waals surface area contributed by atoms with Crippen molar-refractivity contribution in [1.82, 2.24) is 0 Å². The van der Waals surface area contributed by atoms with Crippen LogP contribution in [0.4, 0.5) is 10.1 Å².